The highest BCUT2D eigenvalue weighted by molar-refractivity contribution is 6.06. The van der Waals surface area contributed by atoms with Crippen LogP contribution in [0.15, 0.2) is 30.3 Å². The first-order valence-electron chi connectivity index (χ1n) is 8.10. The van der Waals surface area contributed by atoms with E-state index in [1.807, 2.05) is 23.1 Å². The number of hydrogen-bond acceptors (Lipinski definition) is 3. The van der Waals surface area contributed by atoms with Gasteiger partial charge in [0.15, 0.2) is 0 Å². The van der Waals surface area contributed by atoms with Gasteiger partial charge in [-0.3, -0.25) is 9.59 Å². The van der Waals surface area contributed by atoms with E-state index in [1.54, 1.807) is 0 Å². The molecule has 1 saturated heterocycles. The summed E-state index contributed by atoms with van der Waals surface area (Å²) in [5, 5.41) is 0. The third-order valence-corrected chi connectivity index (χ3v) is 5.05. The number of methoxy groups -OCH3 is 1. The molecule has 3 rings (SSSR count). The summed E-state index contributed by atoms with van der Waals surface area (Å²) in [4.78, 5) is 26.9. The summed E-state index contributed by atoms with van der Waals surface area (Å²) in [6, 6.07) is 10.2. The van der Waals surface area contributed by atoms with Crippen molar-refractivity contribution in [1.29, 1.82) is 0 Å². The van der Waals surface area contributed by atoms with E-state index < -0.39 is 5.41 Å². The Morgan fingerprint density at radius 1 is 1.23 bits per heavy atom. The Morgan fingerprint density at radius 3 is 2.55 bits per heavy atom. The van der Waals surface area contributed by atoms with E-state index in [1.165, 1.54) is 12.7 Å². The van der Waals surface area contributed by atoms with Crippen LogP contribution < -0.4 is 0 Å². The number of carbonyl (C=O) groups is 2. The number of ether oxygens (including phenoxy) is 1. The number of carbonyl (C=O) groups excluding carboxylic acids is 2. The molecule has 4 nitrogen and oxygen atoms in total. The average molecular weight is 301 g/mol. The molecule has 0 spiro atoms. The van der Waals surface area contributed by atoms with Gasteiger partial charge in [0.2, 0.25) is 5.91 Å². The first-order valence-corrected chi connectivity index (χ1v) is 8.10. The second kappa shape index (κ2) is 6.11. The lowest BCUT2D eigenvalue weighted by molar-refractivity contribution is -0.156. The fourth-order valence-corrected chi connectivity index (χ4v) is 3.65. The maximum absolute atomic E-state index is 12.8. The summed E-state index contributed by atoms with van der Waals surface area (Å²) < 4.78 is 4.95. The highest BCUT2D eigenvalue weighted by Crippen LogP contribution is 2.57. The molecule has 4 heteroatoms. The third kappa shape index (κ3) is 2.62. The predicted octanol–water partition coefficient (Wildman–Crippen LogP) is 2.42. The van der Waals surface area contributed by atoms with Crippen LogP contribution in [-0.2, 0) is 20.7 Å². The van der Waals surface area contributed by atoms with Crippen LogP contribution in [0, 0.1) is 11.3 Å². The van der Waals surface area contributed by atoms with E-state index in [0.717, 1.165) is 38.8 Å². The summed E-state index contributed by atoms with van der Waals surface area (Å²) in [6.45, 7) is 1.56. The lowest BCUT2D eigenvalue weighted by atomic mass is 9.97. The van der Waals surface area contributed by atoms with Gasteiger partial charge in [-0.05, 0) is 43.6 Å². The lowest BCUT2D eigenvalue weighted by Gasteiger charge is -2.22. The second-order valence-corrected chi connectivity index (χ2v) is 6.39. The topological polar surface area (TPSA) is 46.6 Å². The van der Waals surface area contributed by atoms with Crippen molar-refractivity contribution >= 4 is 11.9 Å². The summed E-state index contributed by atoms with van der Waals surface area (Å²) in [5.41, 5.74) is 0.357. The van der Waals surface area contributed by atoms with Crippen molar-refractivity contribution in [3.63, 3.8) is 0 Å². The number of amides is 1. The van der Waals surface area contributed by atoms with Gasteiger partial charge >= 0.3 is 5.97 Å². The molecule has 0 radical (unpaired) electrons. The van der Waals surface area contributed by atoms with Crippen LogP contribution in [0.25, 0.3) is 0 Å². The molecule has 0 bridgehead atoms. The van der Waals surface area contributed by atoms with Crippen LogP contribution in [-0.4, -0.2) is 37.0 Å². The van der Waals surface area contributed by atoms with Crippen molar-refractivity contribution in [1.82, 2.24) is 4.90 Å². The summed E-state index contributed by atoms with van der Waals surface area (Å²) >= 11 is 0. The first-order chi connectivity index (χ1) is 10.7. The van der Waals surface area contributed by atoms with Crippen molar-refractivity contribution in [2.75, 3.05) is 20.2 Å². The van der Waals surface area contributed by atoms with E-state index in [4.69, 9.17) is 4.74 Å². The van der Waals surface area contributed by atoms with Gasteiger partial charge in [-0.25, -0.2) is 0 Å². The number of esters is 1. The Morgan fingerprint density at radius 2 is 1.91 bits per heavy atom. The molecule has 0 unspecified atom stereocenters. The number of benzene rings is 1. The number of likely N-dealkylation sites (tertiary alicyclic amines) is 1. The molecule has 1 aliphatic heterocycles. The summed E-state index contributed by atoms with van der Waals surface area (Å²) in [7, 11) is 1.38. The fraction of sp³-hybridized carbons (Fsp3) is 0.556. The molecule has 1 heterocycles. The maximum atomic E-state index is 12.8. The Kier molecular flexibility index (Phi) is 4.19. The van der Waals surface area contributed by atoms with Crippen molar-refractivity contribution in [2.45, 2.75) is 32.1 Å². The van der Waals surface area contributed by atoms with Crippen molar-refractivity contribution in [2.24, 2.45) is 11.3 Å². The molecule has 118 valence electrons. The number of rotatable bonds is 5. The highest BCUT2D eigenvalue weighted by Gasteiger charge is 2.67. The van der Waals surface area contributed by atoms with Crippen LogP contribution in [0.3, 0.4) is 0 Å². The van der Waals surface area contributed by atoms with Crippen LogP contribution in [0.4, 0.5) is 0 Å². The average Bonchev–Trinajstić information content (AvgIpc) is 3.03. The highest BCUT2D eigenvalue weighted by atomic mass is 16.5. The molecule has 1 aliphatic carbocycles. The van der Waals surface area contributed by atoms with Crippen molar-refractivity contribution in [3.8, 4) is 0 Å². The van der Waals surface area contributed by atoms with Gasteiger partial charge in [-0.1, -0.05) is 30.3 Å². The predicted molar refractivity (Wildman–Crippen MR) is 83.1 cm³/mol. The molecule has 2 atom stereocenters. The minimum Gasteiger partial charge on any atom is -0.468 e. The number of hydrogen-bond donors (Lipinski definition) is 0. The van der Waals surface area contributed by atoms with Crippen LogP contribution in [0.5, 0.6) is 0 Å². The van der Waals surface area contributed by atoms with Gasteiger partial charge < -0.3 is 9.64 Å². The smallest absolute Gasteiger partial charge is 0.321 e. The molecule has 1 amide bonds. The quantitative estimate of drug-likeness (QED) is 0.620. The molecule has 2 fully saturated rings. The first kappa shape index (κ1) is 15.1. The SMILES string of the molecule is COC(=O)[C@]1(C(=O)N2CCCC2)C[C@@H]1CCc1ccccc1. The fourth-order valence-electron chi connectivity index (χ4n) is 3.65. The standard InChI is InChI=1S/C18H23NO3/c1-22-17(21)18(16(20)19-11-5-6-12-19)13-15(18)10-9-14-7-3-2-4-8-14/h2-4,7-8,15H,5-6,9-13H2,1H3/t15-,18+/m0/s1. The van der Waals surface area contributed by atoms with Crippen LogP contribution in [0.2, 0.25) is 0 Å². The molecule has 1 saturated carbocycles. The molecule has 1 aromatic rings. The minimum atomic E-state index is -0.895. The minimum absolute atomic E-state index is 0.00471. The summed E-state index contributed by atoms with van der Waals surface area (Å²) in [6.07, 6.45) is 4.48. The monoisotopic (exact) mass is 301 g/mol. The van der Waals surface area contributed by atoms with Gasteiger partial charge in [0, 0.05) is 13.1 Å². The lowest BCUT2D eigenvalue weighted by Crippen LogP contribution is -2.41. The van der Waals surface area contributed by atoms with E-state index in [2.05, 4.69) is 12.1 Å². The Balaban J connectivity index is 1.67. The maximum Gasteiger partial charge on any atom is 0.321 e. The van der Waals surface area contributed by atoms with E-state index in [-0.39, 0.29) is 17.8 Å². The molecule has 0 aromatic heterocycles. The van der Waals surface area contributed by atoms with E-state index >= 15 is 0 Å². The van der Waals surface area contributed by atoms with Gasteiger partial charge in [0.25, 0.3) is 0 Å². The van der Waals surface area contributed by atoms with Gasteiger partial charge in [-0.2, -0.15) is 0 Å². The largest absolute Gasteiger partial charge is 0.468 e. The van der Waals surface area contributed by atoms with Crippen LogP contribution >= 0.6 is 0 Å². The van der Waals surface area contributed by atoms with E-state index in [0.29, 0.717) is 6.42 Å². The Bertz CT molecular complexity index is 551. The third-order valence-electron chi connectivity index (χ3n) is 5.05. The van der Waals surface area contributed by atoms with Crippen molar-refractivity contribution < 1.29 is 14.3 Å². The second-order valence-electron chi connectivity index (χ2n) is 6.39. The Hall–Kier alpha value is -1.84. The number of aryl methyl sites for hydroxylation is 1. The molecular formula is C18H23NO3. The van der Waals surface area contributed by atoms with Crippen molar-refractivity contribution in [3.05, 3.63) is 35.9 Å². The zero-order chi connectivity index (χ0) is 15.6. The molecule has 1 aromatic carbocycles. The molecular weight excluding hydrogens is 278 g/mol. The summed E-state index contributed by atoms with van der Waals surface area (Å²) in [5.74, 6) is -0.231. The Labute approximate surface area is 131 Å². The van der Waals surface area contributed by atoms with E-state index in [9.17, 15) is 9.59 Å². The zero-order valence-corrected chi connectivity index (χ0v) is 13.1. The molecule has 0 N–H and O–H groups in total. The van der Waals surface area contributed by atoms with Gasteiger partial charge in [0.05, 0.1) is 7.11 Å². The number of nitrogens with zero attached hydrogens (tertiary/aromatic N) is 1. The van der Waals surface area contributed by atoms with Crippen LogP contribution in [0.1, 0.15) is 31.2 Å². The molecule has 2 aliphatic rings. The zero-order valence-electron chi connectivity index (χ0n) is 13.1. The molecule has 22 heavy (non-hydrogen) atoms. The normalized spacial score (nSPS) is 26.8. The van der Waals surface area contributed by atoms with Gasteiger partial charge in [0.1, 0.15) is 5.41 Å². The van der Waals surface area contributed by atoms with Gasteiger partial charge in [-0.15, -0.1) is 0 Å².